The van der Waals surface area contributed by atoms with E-state index in [1.165, 1.54) is 0 Å². The first-order chi connectivity index (χ1) is 9.29. The number of alkyl halides is 9. The van der Waals surface area contributed by atoms with Crippen LogP contribution in [0.25, 0.3) is 0 Å². The van der Waals surface area contributed by atoms with Crippen molar-refractivity contribution in [3.8, 4) is 0 Å². The summed E-state index contributed by atoms with van der Waals surface area (Å²) < 4.78 is 114. The first-order valence-electron chi connectivity index (χ1n) is 5.68. The average Bonchev–Trinajstić information content (AvgIpc) is 2.76. The summed E-state index contributed by atoms with van der Waals surface area (Å²) in [5.41, 5.74) is 0. The smallest absolute Gasteiger partial charge is 0.358 e. The lowest BCUT2D eigenvalue weighted by atomic mass is 10.1. The van der Waals surface area contributed by atoms with Crippen LogP contribution in [0.4, 0.5) is 39.5 Å². The zero-order chi connectivity index (χ0) is 16.7. The van der Waals surface area contributed by atoms with Gasteiger partial charge in [0.15, 0.2) is 0 Å². The van der Waals surface area contributed by atoms with Crippen molar-refractivity contribution in [3.05, 3.63) is 12.4 Å². The van der Waals surface area contributed by atoms with Gasteiger partial charge in [-0.1, -0.05) is 6.92 Å². The van der Waals surface area contributed by atoms with E-state index >= 15 is 0 Å². The fraction of sp³-hybridized carbons (Fsp3) is 0.800. The molecule has 1 aliphatic heterocycles. The molecule has 1 rings (SSSR count). The maximum absolute atomic E-state index is 13.5. The normalized spacial score (nSPS) is 17.8. The molecule has 11 heteroatoms. The quantitative estimate of drug-likeness (QED) is 0.558. The molecule has 0 saturated carbocycles. The van der Waals surface area contributed by atoms with Crippen LogP contribution in [-0.4, -0.2) is 47.1 Å². The zero-order valence-electron chi connectivity index (χ0n) is 10.6. The monoisotopic (exact) mass is 330 g/mol. The zero-order valence-corrected chi connectivity index (χ0v) is 10.6. The van der Waals surface area contributed by atoms with E-state index in [-0.39, 0.29) is 6.54 Å². The molecular formula is C10H11F9N2. The molecule has 0 radical (unpaired) electrons. The van der Waals surface area contributed by atoms with Gasteiger partial charge in [-0.05, 0) is 6.42 Å². The summed E-state index contributed by atoms with van der Waals surface area (Å²) in [6.07, 6.45) is -5.08. The Hall–Kier alpha value is -1.29. The van der Waals surface area contributed by atoms with Crippen molar-refractivity contribution in [3.63, 3.8) is 0 Å². The minimum absolute atomic E-state index is 0.157. The predicted octanol–water partition coefficient (Wildman–Crippen LogP) is 3.87. The predicted molar refractivity (Wildman–Crippen MR) is 53.7 cm³/mol. The molecule has 21 heavy (non-hydrogen) atoms. The Balaban J connectivity index is 3.04. The van der Waals surface area contributed by atoms with Crippen LogP contribution in [0, 0.1) is 0 Å². The molecular weight excluding hydrogens is 319 g/mol. The highest BCUT2D eigenvalue weighted by atomic mass is 19.4. The van der Waals surface area contributed by atoms with Crippen molar-refractivity contribution in [2.24, 2.45) is 0 Å². The van der Waals surface area contributed by atoms with Gasteiger partial charge >= 0.3 is 24.1 Å². The Morgan fingerprint density at radius 2 is 1.38 bits per heavy atom. The third-order valence-electron chi connectivity index (χ3n) is 2.79. The van der Waals surface area contributed by atoms with E-state index in [9.17, 15) is 39.5 Å². The molecule has 1 heterocycles. The van der Waals surface area contributed by atoms with Crippen LogP contribution in [0.5, 0.6) is 0 Å². The van der Waals surface area contributed by atoms with Crippen LogP contribution < -0.4 is 0 Å². The highest BCUT2D eigenvalue weighted by molar-refractivity contribution is 5.04. The summed E-state index contributed by atoms with van der Waals surface area (Å²) in [4.78, 5) is 0.540. The fourth-order valence-corrected chi connectivity index (χ4v) is 1.63. The van der Waals surface area contributed by atoms with E-state index in [2.05, 4.69) is 0 Å². The Kier molecular flexibility index (Phi) is 4.37. The number of nitrogens with zero attached hydrogens (tertiary/aromatic N) is 2. The highest BCUT2D eigenvalue weighted by Gasteiger charge is 2.83. The molecule has 0 fully saturated rings. The molecule has 0 aromatic heterocycles. The molecule has 1 aliphatic rings. The van der Waals surface area contributed by atoms with Gasteiger partial charge in [0, 0.05) is 18.9 Å². The standard InChI is InChI=1S/C10H11F9N2/c1-2-3-20-4-5-21(6-20)10(18,19)8(13,14)7(11,12)9(15,16)17/h4-5H,2-3,6H2,1H3. The van der Waals surface area contributed by atoms with Gasteiger partial charge in [-0.3, -0.25) is 4.90 Å². The maximum Gasteiger partial charge on any atom is 0.460 e. The summed E-state index contributed by atoms with van der Waals surface area (Å²) in [6, 6.07) is -5.70. The Bertz CT molecular complexity index is 402. The first-order valence-corrected chi connectivity index (χ1v) is 5.68. The summed E-state index contributed by atoms with van der Waals surface area (Å²) in [5, 5.41) is 0. The lowest BCUT2D eigenvalue weighted by molar-refractivity contribution is -0.415. The highest BCUT2D eigenvalue weighted by Crippen LogP contribution is 2.54. The van der Waals surface area contributed by atoms with Crippen LogP contribution in [0.3, 0.4) is 0 Å². The van der Waals surface area contributed by atoms with E-state index in [0.717, 1.165) is 11.1 Å². The number of hydrogen-bond donors (Lipinski definition) is 0. The van der Waals surface area contributed by atoms with Gasteiger partial charge < -0.3 is 4.90 Å². The van der Waals surface area contributed by atoms with Crippen molar-refractivity contribution in [2.45, 2.75) is 37.4 Å². The minimum atomic E-state index is -6.87. The van der Waals surface area contributed by atoms with Crippen molar-refractivity contribution in [1.29, 1.82) is 0 Å². The molecule has 0 amide bonds. The Morgan fingerprint density at radius 1 is 0.857 bits per heavy atom. The lowest BCUT2D eigenvalue weighted by Gasteiger charge is -2.38. The molecule has 0 aliphatic carbocycles. The van der Waals surface area contributed by atoms with Crippen LogP contribution >= 0.6 is 0 Å². The number of hydrogen-bond acceptors (Lipinski definition) is 2. The van der Waals surface area contributed by atoms with Crippen molar-refractivity contribution >= 4 is 0 Å². The molecule has 0 aromatic rings. The number of rotatable bonds is 5. The summed E-state index contributed by atoms with van der Waals surface area (Å²) >= 11 is 0. The Morgan fingerprint density at radius 3 is 1.81 bits per heavy atom. The molecule has 0 N–H and O–H groups in total. The summed E-state index contributed by atoms with van der Waals surface area (Å²) in [5.74, 6) is -13.5. The van der Waals surface area contributed by atoms with Crippen LogP contribution in [-0.2, 0) is 0 Å². The third-order valence-corrected chi connectivity index (χ3v) is 2.79. The van der Waals surface area contributed by atoms with Gasteiger partial charge in [-0.25, -0.2) is 0 Å². The molecule has 0 bridgehead atoms. The topological polar surface area (TPSA) is 6.48 Å². The van der Waals surface area contributed by atoms with Crippen molar-refractivity contribution in [2.75, 3.05) is 13.2 Å². The second-order valence-electron chi connectivity index (χ2n) is 4.41. The molecule has 124 valence electrons. The summed E-state index contributed by atoms with van der Waals surface area (Å²) in [7, 11) is 0. The average molecular weight is 330 g/mol. The van der Waals surface area contributed by atoms with Gasteiger partial charge in [0.2, 0.25) is 0 Å². The maximum atomic E-state index is 13.5. The molecule has 0 aromatic carbocycles. The van der Waals surface area contributed by atoms with E-state index < -0.39 is 35.6 Å². The first kappa shape index (κ1) is 17.8. The lowest BCUT2D eigenvalue weighted by Crippen LogP contribution is -2.65. The second-order valence-corrected chi connectivity index (χ2v) is 4.41. The fourth-order valence-electron chi connectivity index (χ4n) is 1.63. The van der Waals surface area contributed by atoms with Gasteiger partial charge in [-0.15, -0.1) is 0 Å². The molecule has 0 unspecified atom stereocenters. The van der Waals surface area contributed by atoms with Crippen molar-refractivity contribution < 1.29 is 39.5 Å². The van der Waals surface area contributed by atoms with Gasteiger partial charge in [0.25, 0.3) is 0 Å². The molecule has 0 spiro atoms. The van der Waals surface area contributed by atoms with E-state index in [4.69, 9.17) is 0 Å². The third kappa shape index (κ3) is 2.73. The largest absolute Gasteiger partial charge is 0.460 e. The number of halogens is 9. The van der Waals surface area contributed by atoms with Gasteiger partial charge in [0.1, 0.15) is 0 Å². The summed E-state index contributed by atoms with van der Waals surface area (Å²) in [6.45, 7) is 0.885. The SMILES string of the molecule is CCCN1C=CN(C(F)(F)C(F)(F)C(F)(F)C(F)(F)F)C1. The van der Waals surface area contributed by atoms with E-state index in [1.54, 1.807) is 6.92 Å². The molecule has 0 atom stereocenters. The minimum Gasteiger partial charge on any atom is -0.358 e. The van der Waals surface area contributed by atoms with Crippen LogP contribution in [0.1, 0.15) is 13.3 Å². The van der Waals surface area contributed by atoms with Crippen LogP contribution in [0.2, 0.25) is 0 Å². The van der Waals surface area contributed by atoms with Crippen LogP contribution in [0.15, 0.2) is 12.4 Å². The Labute approximate surface area is 113 Å². The molecule has 2 nitrogen and oxygen atoms in total. The van der Waals surface area contributed by atoms with E-state index in [0.29, 0.717) is 12.6 Å². The molecule has 0 saturated heterocycles. The van der Waals surface area contributed by atoms with Gasteiger partial charge in [0.05, 0.1) is 6.67 Å². The van der Waals surface area contributed by atoms with Crippen molar-refractivity contribution in [1.82, 2.24) is 9.80 Å². The van der Waals surface area contributed by atoms with Gasteiger partial charge in [-0.2, -0.15) is 39.5 Å². The van der Waals surface area contributed by atoms with E-state index in [1.807, 2.05) is 0 Å². The second kappa shape index (κ2) is 5.16.